The molecule has 0 aromatic heterocycles. The molecule has 2 rings (SSSR count). The van der Waals surface area contributed by atoms with Crippen molar-refractivity contribution in [2.75, 3.05) is 0 Å². The van der Waals surface area contributed by atoms with Gasteiger partial charge in [-0.25, -0.2) is 0 Å². The Hall–Kier alpha value is -1.56. The second kappa shape index (κ2) is 11.7. The van der Waals surface area contributed by atoms with Gasteiger partial charge in [0, 0.05) is 0 Å². The molecular formula is C43H72. The molecule has 0 saturated heterocycles. The van der Waals surface area contributed by atoms with Crippen molar-refractivity contribution in [3.63, 3.8) is 0 Å². The monoisotopic (exact) mass is 589 g/mol. The lowest BCUT2D eigenvalue weighted by Gasteiger charge is -2.42. The molecule has 0 fully saturated rings. The molecule has 0 aliphatic carbocycles. The van der Waals surface area contributed by atoms with Crippen LogP contribution in [0, 0.1) is 0 Å². The first-order valence-electron chi connectivity index (χ1n) is 17.2. The summed E-state index contributed by atoms with van der Waals surface area (Å²) in [5.74, 6) is 0. The largest absolute Gasteiger partial charge is 0.0561 e. The van der Waals surface area contributed by atoms with Crippen molar-refractivity contribution in [2.45, 2.75) is 203 Å². The Bertz CT molecular complexity index is 1240. The van der Waals surface area contributed by atoms with Crippen molar-refractivity contribution >= 4 is 0 Å². The summed E-state index contributed by atoms with van der Waals surface area (Å²) in [6, 6.07) is 7.71. The average molecular weight is 589 g/mol. The normalized spacial score (nSPS) is 14.4. The molecule has 0 unspecified atom stereocenters. The van der Waals surface area contributed by atoms with Crippen LogP contribution in [0.5, 0.6) is 0 Å². The van der Waals surface area contributed by atoms with Crippen LogP contribution in [-0.2, 0) is 50.7 Å². The van der Waals surface area contributed by atoms with Crippen LogP contribution in [0.1, 0.15) is 202 Å². The predicted octanol–water partition coefficient (Wildman–Crippen LogP) is 12.9. The molecule has 0 nitrogen and oxygen atoms in total. The van der Waals surface area contributed by atoms with Crippen LogP contribution in [0.3, 0.4) is 0 Å². The highest BCUT2D eigenvalue weighted by molar-refractivity contribution is 5.57. The van der Waals surface area contributed by atoms with Gasteiger partial charge in [-0.15, -0.1) is 0 Å². The summed E-state index contributed by atoms with van der Waals surface area (Å²) in [6.45, 7) is 50.6. The fourth-order valence-electron chi connectivity index (χ4n) is 7.08. The van der Waals surface area contributed by atoms with Crippen LogP contribution < -0.4 is 0 Å². The molecule has 0 bridgehead atoms. The molecule has 0 heteroatoms. The minimum absolute atomic E-state index is 0.0584. The molecule has 244 valence electrons. The number of aryl methyl sites for hydroxylation is 1. The maximum Gasteiger partial charge on any atom is -0.0126 e. The van der Waals surface area contributed by atoms with Crippen molar-refractivity contribution in [1.82, 2.24) is 0 Å². The number of rotatable bonds is 4. The zero-order valence-corrected chi connectivity index (χ0v) is 32.9. The molecule has 0 radical (unpaired) electrons. The molecule has 0 spiro atoms. The Balaban J connectivity index is 2.88. The summed E-state index contributed by atoms with van der Waals surface area (Å²) in [6.07, 6.45) is 3.38. The molecule has 43 heavy (non-hydrogen) atoms. The lowest BCUT2D eigenvalue weighted by Crippen LogP contribution is -2.33. The first-order chi connectivity index (χ1) is 18.8. The smallest absolute Gasteiger partial charge is 0.0126 e. The summed E-state index contributed by atoms with van der Waals surface area (Å²) in [4.78, 5) is 0. The Kier molecular flexibility index (Phi) is 10.2. The topological polar surface area (TPSA) is 0 Å². The average Bonchev–Trinajstić information content (AvgIpc) is 2.73. The minimum Gasteiger partial charge on any atom is -0.0561 e. The highest BCUT2D eigenvalue weighted by Gasteiger charge is 2.38. The minimum atomic E-state index is 0.0584. The van der Waals surface area contributed by atoms with Crippen LogP contribution >= 0.6 is 0 Å². The fraction of sp³-hybridized carbons (Fsp3) is 0.721. The van der Waals surface area contributed by atoms with Crippen molar-refractivity contribution < 1.29 is 0 Å². The van der Waals surface area contributed by atoms with Gasteiger partial charge in [0.2, 0.25) is 0 Å². The van der Waals surface area contributed by atoms with Gasteiger partial charge in [0.05, 0.1) is 0 Å². The maximum absolute atomic E-state index is 2.63. The molecule has 0 amide bonds. The van der Waals surface area contributed by atoms with E-state index in [0.717, 1.165) is 19.3 Å². The first kappa shape index (κ1) is 37.6. The molecule has 0 atom stereocenters. The molecule has 2 aromatic rings. The Morgan fingerprint density at radius 2 is 0.721 bits per heavy atom. The number of hydrogen-bond donors (Lipinski definition) is 0. The van der Waals surface area contributed by atoms with E-state index in [1.807, 2.05) is 0 Å². The molecule has 2 aromatic carbocycles. The van der Waals surface area contributed by atoms with E-state index < -0.39 is 0 Å². The number of hydrogen-bond acceptors (Lipinski definition) is 0. The quantitative estimate of drug-likeness (QED) is 0.333. The Labute approximate surface area is 270 Å². The maximum atomic E-state index is 2.63. The molecule has 0 aliphatic heterocycles. The summed E-state index contributed by atoms with van der Waals surface area (Å²) < 4.78 is 0. The van der Waals surface area contributed by atoms with Crippen molar-refractivity contribution in [2.24, 2.45) is 0 Å². The Morgan fingerprint density at radius 1 is 0.349 bits per heavy atom. The second-order valence-electron chi connectivity index (χ2n) is 20.9. The highest BCUT2D eigenvalue weighted by Crippen LogP contribution is 2.47. The second-order valence-corrected chi connectivity index (χ2v) is 20.9. The lowest BCUT2D eigenvalue weighted by atomic mass is 9.63. The third kappa shape index (κ3) is 8.79. The highest BCUT2D eigenvalue weighted by atomic mass is 14.4. The summed E-state index contributed by atoms with van der Waals surface area (Å²) in [7, 11) is 0. The molecular weight excluding hydrogens is 516 g/mol. The van der Waals surface area contributed by atoms with Crippen LogP contribution in [0.4, 0.5) is 0 Å². The van der Waals surface area contributed by atoms with Gasteiger partial charge in [-0.1, -0.05) is 164 Å². The van der Waals surface area contributed by atoms with Crippen molar-refractivity contribution in [3.05, 3.63) is 68.3 Å². The van der Waals surface area contributed by atoms with Gasteiger partial charge in [-0.3, -0.25) is 0 Å². The molecule has 0 saturated carbocycles. The zero-order valence-electron chi connectivity index (χ0n) is 32.9. The predicted molar refractivity (Wildman–Crippen MR) is 196 cm³/mol. The SMILES string of the molecule is CC(C)(C)c1cc(C(C)(C)C)c(CCCc2cc(C(C)(C)C)c(C(C)(C)C)c(C(C)(C)C)c2C(C)(C)C)c(C(C)(C)C)c1. The first-order valence-corrected chi connectivity index (χ1v) is 17.2. The fourth-order valence-corrected chi connectivity index (χ4v) is 7.08. The van der Waals surface area contributed by atoms with E-state index in [1.54, 1.807) is 27.8 Å². The van der Waals surface area contributed by atoms with Crippen LogP contribution in [-0.4, -0.2) is 0 Å². The van der Waals surface area contributed by atoms with Gasteiger partial charge >= 0.3 is 0 Å². The van der Waals surface area contributed by atoms with E-state index in [9.17, 15) is 0 Å². The van der Waals surface area contributed by atoms with E-state index in [4.69, 9.17) is 0 Å². The standard InChI is InChI=1S/C43H72/c1-37(2,3)29-26-31(38(4,5)6)30(32(27-29)39(7,8)9)24-22-23-28-25-33(40(10,11)12)35(42(16,17)18)36(43(19,20)21)34(28)41(13,14)15/h25-27H,22-24H2,1-21H3. The van der Waals surface area contributed by atoms with Gasteiger partial charge in [-0.2, -0.15) is 0 Å². The third-order valence-corrected chi connectivity index (χ3v) is 9.07. The van der Waals surface area contributed by atoms with Crippen LogP contribution in [0.15, 0.2) is 18.2 Å². The van der Waals surface area contributed by atoms with Gasteiger partial charge < -0.3 is 0 Å². The van der Waals surface area contributed by atoms with E-state index in [0.29, 0.717) is 0 Å². The summed E-state index contributed by atoms with van der Waals surface area (Å²) >= 11 is 0. The Morgan fingerprint density at radius 3 is 1.02 bits per heavy atom. The van der Waals surface area contributed by atoms with E-state index in [-0.39, 0.29) is 37.9 Å². The van der Waals surface area contributed by atoms with Crippen LogP contribution in [0.2, 0.25) is 0 Å². The third-order valence-electron chi connectivity index (χ3n) is 9.07. The molecule has 0 N–H and O–H groups in total. The molecule has 0 aliphatic rings. The zero-order chi connectivity index (χ0) is 33.9. The summed E-state index contributed by atoms with van der Waals surface area (Å²) in [5.41, 5.74) is 14.6. The van der Waals surface area contributed by atoms with E-state index in [1.165, 1.54) is 22.3 Å². The van der Waals surface area contributed by atoms with Gasteiger partial charge in [-0.05, 0) is 107 Å². The van der Waals surface area contributed by atoms with Crippen molar-refractivity contribution in [3.8, 4) is 0 Å². The number of benzene rings is 2. The van der Waals surface area contributed by atoms with Crippen molar-refractivity contribution in [1.29, 1.82) is 0 Å². The lowest BCUT2D eigenvalue weighted by molar-refractivity contribution is 0.472. The summed E-state index contributed by atoms with van der Waals surface area (Å²) in [5, 5.41) is 0. The van der Waals surface area contributed by atoms with Gasteiger partial charge in [0.1, 0.15) is 0 Å². The van der Waals surface area contributed by atoms with Gasteiger partial charge in [0.25, 0.3) is 0 Å². The van der Waals surface area contributed by atoms with E-state index in [2.05, 4.69) is 164 Å². The van der Waals surface area contributed by atoms with Gasteiger partial charge in [0.15, 0.2) is 0 Å². The van der Waals surface area contributed by atoms with E-state index >= 15 is 0 Å². The van der Waals surface area contributed by atoms with Crippen LogP contribution in [0.25, 0.3) is 0 Å². The molecule has 0 heterocycles.